The Morgan fingerprint density at radius 1 is 1.03 bits per heavy atom. The zero-order chi connectivity index (χ0) is 20.6. The van der Waals surface area contributed by atoms with Crippen molar-refractivity contribution in [1.29, 1.82) is 0 Å². The average molecular weight is 420 g/mol. The van der Waals surface area contributed by atoms with E-state index < -0.39 is 16.1 Å². The molecule has 1 atom stereocenters. The molecule has 158 valence electrons. The van der Waals surface area contributed by atoms with Crippen LogP contribution in [0.3, 0.4) is 0 Å². The second kappa shape index (κ2) is 8.07. The second-order valence-corrected chi connectivity index (χ2v) is 10.3. The van der Waals surface area contributed by atoms with Crippen molar-refractivity contribution < 1.29 is 18.0 Å². The van der Waals surface area contributed by atoms with E-state index in [1.165, 1.54) is 11.8 Å². The Morgan fingerprint density at radius 3 is 2.38 bits per heavy atom. The summed E-state index contributed by atoms with van der Waals surface area (Å²) in [6, 6.07) is 4.45. The van der Waals surface area contributed by atoms with E-state index in [4.69, 9.17) is 0 Å². The number of anilines is 1. The van der Waals surface area contributed by atoms with Crippen molar-refractivity contribution in [3.63, 3.8) is 0 Å². The van der Waals surface area contributed by atoms with Crippen LogP contribution in [0.5, 0.6) is 0 Å². The molecular formula is C21H29N3O4S. The molecule has 1 aromatic rings. The Kier molecular flexibility index (Phi) is 5.66. The van der Waals surface area contributed by atoms with Gasteiger partial charge in [0.1, 0.15) is 6.04 Å². The number of carbonyl (C=O) groups excluding carboxylic acids is 2. The summed E-state index contributed by atoms with van der Waals surface area (Å²) < 4.78 is 27.6. The summed E-state index contributed by atoms with van der Waals surface area (Å²) in [6.45, 7) is 2.54. The van der Waals surface area contributed by atoms with Gasteiger partial charge in [0, 0.05) is 38.2 Å². The third-order valence-corrected chi connectivity index (χ3v) is 8.23. The first-order valence-corrected chi connectivity index (χ1v) is 12.0. The molecule has 0 bridgehead atoms. The van der Waals surface area contributed by atoms with Crippen molar-refractivity contribution in [2.75, 3.05) is 18.0 Å². The highest BCUT2D eigenvalue weighted by Crippen LogP contribution is 2.35. The Hall–Kier alpha value is -1.93. The van der Waals surface area contributed by atoms with Crippen LogP contribution in [-0.4, -0.2) is 49.7 Å². The maximum Gasteiger partial charge on any atom is 0.243 e. The van der Waals surface area contributed by atoms with Gasteiger partial charge in [-0.25, -0.2) is 8.42 Å². The number of carbonyl (C=O) groups is 2. The van der Waals surface area contributed by atoms with E-state index in [9.17, 15) is 18.0 Å². The van der Waals surface area contributed by atoms with Crippen molar-refractivity contribution in [2.24, 2.45) is 0 Å². The highest BCUT2D eigenvalue weighted by atomic mass is 32.2. The average Bonchev–Trinajstić information content (AvgIpc) is 3.35. The molecule has 1 unspecified atom stereocenters. The molecular weight excluding hydrogens is 390 g/mol. The van der Waals surface area contributed by atoms with Crippen molar-refractivity contribution in [3.8, 4) is 0 Å². The van der Waals surface area contributed by atoms with Crippen LogP contribution in [-0.2, 0) is 26.0 Å². The minimum Gasteiger partial charge on any atom is -0.352 e. The first-order chi connectivity index (χ1) is 13.9. The number of nitrogens with one attached hydrogen (secondary N) is 1. The van der Waals surface area contributed by atoms with Crippen LogP contribution in [0.25, 0.3) is 0 Å². The maximum absolute atomic E-state index is 13.0. The number of sulfonamides is 1. The number of hydrogen-bond donors (Lipinski definition) is 1. The fourth-order valence-corrected chi connectivity index (χ4v) is 6.38. The molecule has 1 aliphatic carbocycles. The number of benzene rings is 1. The smallest absolute Gasteiger partial charge is 0.243 e. The van der Waals surface area contributed by atoms with Gasteiger partial charge in [-0.2, -0.15) is 4.31 Å². The summed E-state index contributed by atoms with van der Waals surface area (Å²) in [5.74, 6) is -0.356. The van der Waals surface area contributed by atoms with Gasteiger partial charge in [0.05, 0.1) is 4.90 Å². The minimum absolute atomic E-state index is 0.149. The van der Waals surface area contributed by atoms with Crippen LogP contribution in [0.2, 0.25) is 0 Å². The molecule has 0 aromatic heterocycles. The van der Waals surface area contributed by atoms with Gasteiger partial charge >= 0.3 is 0 Å². The fourth-order valence-electron chi connectivity index (χ4n) is 4.81. The third-order valence-electron chi connectivity index (χ3n) is 6.33. The zero-order valence-corrected chi connectivity index (χ0v) is 17.7. The number of fused-ring (bicyclic) bond motifs is 1. The van der Waals surface area contributed by atoms with Gasteiger partial charge in [-0.15, -0.1) is 0 Å². The van der Waals surface area contributed by atoms with Crippen LogP contribution < -0.4 is 10.2 Å². The molecule has 1 saturated heterocycles. The Morgan fingerprint density at radius 2 is 1.72 bits per heavy atom. The van der Waals surface area contributed by atoms with E-state index in [0.29, 0.717) is 25.2 Å². The highest BCUT2D eigenvalue weighted by Gasteiger charge is 2.39. The van der Waals surface area contributed by atoms with E-state index in [0.717, 1.165) is 50.5 Å². The van der Waals surface area contributed by atoms with Crippen LogP contribution >= 0.6 is 0 Å². The Bertz CT molecular complexity index is 903. The largest absolute Gasteiger partial charge is 0.352 e. The highest BCUT2D eigenvalue weighted by molar-refractivity contribution is 7.89. The molecule has 0 radical (unpaired) electrons. The van der Waals surface area contributed by atoms with Gasteiger partial charge in [0.25, 0.3) is 0 Å². The van der Waals surface area contributed by atoms with Crippen molar-refractivity contribution >= 4 is 27.5 Å². The molecule has 1 aromatic carbocycles. The quantitative estimate of drug-likeness (QED) is 0.811. The molecule has 1 saturated carbocycles. The van der Waals surface area contributed by atoms with E-state index >= 15 is 0 Å². The third kappa shape index (κ3) is 3.92. The molecule has 2 amide bonds. The SMILES string of the molecule is CC(=O)N1c2ccc(S(=O)(=O)N3CCCCC3)cc2CC1C(=O)NC1CCCC1. The van der Waals surface area contributed by atoms with Gasteiger partial charge in [-0.05, 0) is 49.4 Å². The zero-order valence-electron chi connectivity index (χ0n) is 16.9. The van der Waals surface area contributed by atoms with Crippen LogP contribution in [0, 0.1) is 0 Å². The predicted molar refractivity (Wildman–Crippen MR) is 110 cm³/mol. The number of piperidine rings is 1. The minimum atomic E-state index is -3.55. The maximum atomic E-state index is 13.0. The van der Waals surface area contributed by atoms with Crippen LogP contribution in [0.1, 0.15) is 57.4 Å². The molecule has 0 spiro atoms. The standard InChI is InChI=1S/C21H29N3O4S/c1-15(25)24-19-10-9-18(29(27,28)23-11-5-2-6-12-23)13-16(19)14-20(24)21(26)22-17-7-3-4-8-17/h9-10,13,17,20H,2-8,11-12,14H2,1H3,(H,22,26). The number of amides is 2. The first-order valence-electron chi connectivity index (χ1n) is 10.6. The van der Waals surface area contributed by atoms with Gasteiger partial charge in [0.2, 0.25) is 21.8 Å². The van der Waals surface area contributed by atoms with Crippen molar-refractivity contribution in [1.82, 2.24) is 9.62 Å². The lowest BCUT2D eigenvalue weighted by Gasteiger charge is -2.26. The molecule has 1 N–H and O–H groups in total. The summed E-state index contributed by atoms with van der Waals surface area (Å²) in [5, 5.41) is 3.08. The Labute approximate surface area is 172 Å². The van der Waals surface area contributed by atoms with E-state index in [-0.39, 0.29) is 22.8 Å². The lowest BCUT2D eigenvalue weighted by Crippen LogP contribution is -2.49. The van der Waals surface area contributed by atoms with Gasteiger partial charge in [-0.1, -0.05) is 19.3 Å². The molecule has 3 aliphatic rings. The first kappa shape index (κ1) is 20.3. The predicted octanol–water partition coefficient (Wildman–Crippen LogP) is 2.20. The van der Waals surface area contributed by atoms with Crippen molar-refractivity contribution in [3.05, 3.63) is 23.8 Å². The molecule has 2 aliphatic heterocycles. The number of hydrogen-bond acceptors (Lipinski definition) is 4. The van der Waals surface area contributed by atoms with Gasteiger partial charge in [-0.3, -0.25) is 14.5 Å². The normalized spacial score (nSPS) is 23.2. The number of nitrogens with zero attached hydrogens (tertiary/aromatic N) is 2. The number of rotatable bonds is 4. The van der Waals surface area contributed by atoms with Crippen molar-refractivity contribution in [2.45, 2.75) is 75.3 Å². The monoisotopic (exact) mass is 419 g/mol. The molecule has 8 heteroatoms. The summed E-state index contributed by atoms with van der Waals surface area (Å²) >= 11 is 0. The molecule has 4 rings (SSSR count). The summed E-state index contributed by atoms with van der Waals surface area (Å²) in [4.78, 5) is 27.0. The molecule has 29 heavy (non-hydrogen) atoms. The molecule has 7 nitrogen and oxygen atoms in total. The lowest BCUT2D eigenvalue weighted by molar-refractivity contribution is -0.126. The molecule has 2 heterocycles. The topological polar surface area (TPSA) is 86.8 Å². The van der Waals surface area contributed by atoms with Gasteiger partial charge in [0.15, 0.2) is 0 Å². The summed E-state index contributed by atoms with van der Waals surface area (Å²) in [6.07, 6.45) is 7.34. The second-order valence-electron chi connectivity index (χ2n) is 8.35. The van der Waals surface area contributed by atoms with Crippen LogP contribution in [0.15, 0.2) is 23.1 Å². The van der Waals surface area contributed by atoms with E-state index in [2.05, 4.69) is 5.32 Å². The Balaban J connectivity index is 1.59. The molecule has 2 fully saturated rings. The summed E-state index contributed by atoms with van der Waals surface area (Å²) in [5.41, 5.74) is 1.38. The summed E-state index contributed by atoms with van der Waals surface area (Å²) in [7, 11) is -3.55. The fraction of sp³-hybridized carbons (Fsp3) is 0.619. The van der Waals surface area contributed by atoms with E-state index in [1.807, 2.05) is 0 Å². The van der Waals surface area contributed by atoms with Crippen LogP contribution in [0.4, 0.5) is 5.69 Å². The van der Waals surface area contributed by atoms with E-state index in [1.54, 1.807) is 22.5 Å². The lowest BCUT2D eigenvalue weighted by atomic mass is 10.1. The van der Waals surface area contributed by atoms with Gasteiger partial charge < -0.3 is 5.32 Å².